The molecular formula is C19H28N4O. The summed E-state index contributed by atoms with van der Waals surface area (Å²) in [7, 11) is 0. The minimum atomic E-state index is -0.151. The van der Waals surface area contributed by atoms with Crippen LogP contribution in [0.3, 0.4) is 0 Å². The van der Waals surface area contributed by atoms with Gasteiger partial charge in [-0.15, -0.1) is 0 Å². The molecule has 1 aromatic carbocycles. The second-order valence-electron chi connectivity index (χ2n) is 7.76. The van der Waals surface area contributed by atoms with Gasteiger partial charge >= 0.3 is 0 Å². The maximum Gasteiger partial charge on any atom is 0.124 e. The van der Waals surface area contributed by atoms with Gasteiger partial charge in [0, 0.05) is 37.8 Å². The van der Waals surface area contributed by atoms with E-state index in [1.165, 1.54) is 5.52 Å². The van der Waals surface area contributed by atoms with E-state index < -0.39 is 0 Å². The molecule has 0 amide bonds. The van der Waals surface area contributed by atoms with Gasteiger partial charge in [-0.25, -0.2) is 4.98 Å². The van der Waals surface area contributed by atoms with Crippen molar-refractivity contribution < 1.29 is 5.11 Å². The molecule has 3 atom stereocenters. The van der Waals surface area contributed by atoms with Crippen LogP contribution >= 0.6 is 0 Å². The van der Waals surface area contributed by atoms with Crippen LogP contribution in [-0.4, -0.2) is 62.3 Å². The van der Waals surface area contributed by atoms with Crippen LogP contribution in [0, 0.1) is 0 Å². The second-order valence-corrected chi connectivity index (χ2v) is 7.76. The van der Waals surface area contributed by atoms with Gasteiger partial charge < -0.3 is 9.67 Å². The number of fused-ring (bicyclic) bond motifs is 2. The highest BCUT2D eigenvalue weighted by Crippen LogP contribution is 2.28. The highest BCUT2D eigenvalue weighted by Gasteiger charge is 2.38. The van der Waals surface area contributed by atoms with Crippen molar-refractivity contribution in [2.24, 2.45) is 0 Å². The minimum Gasteiger partial charge on any atom is -0.392 e. The van der Waals surface area contributed by atoms with E-state index >= 15 is 0 Å². The third kappa shape index (κ3) is 2.75. The normalized spacial score (nSPS) is 28.8. The first-order valence-electron chi connectivity index (χ1n) is 9.15. The van der Waals surface area contributed by atoms with Crippen molar-refractivity contribution in [3.63, 3.8) is 0 Å². The van der Waals surface area contributed by atoms with Crippen LogP contribution in [0.2, 0.25) is 0 Å². The Kier molecular flexibility index (Phi) is 4.11. The number of hydrogen-bond donors (Lipinski definition) is 1. The highest BCUT2D eigenvalue weighted by atomic mass is 16.3. The number of aromatic nitrogens is 2. The molecule has 2 fully saturated rings. The molecule has 2 saturated heterocycles. The van der Waals surface area contributed by atoms with E-state index in [0.717, 1.165) is 43.9 Å². The Morgan fingerprint density at radius 1 is 1.21 bits per heavy atom. The average molecular weight is 328 g/mol. The summed E-state index contributed by atoms with van der Waals surface area (Å²) < 4.78 is 2.37. The van der Waals surface area contributed by atoms with Crippen LogP contribution in [0.1, 0.15) is 39.1 Å². The van der Waals surface area contributed by atoms with Gasteiger partial charge in [0.15, 0.2) is 0 Å². The first kappa shape index (κ1) is 16.1. The molecule has 2 aliphatic rings. The molecular weight excluding hydrogens is 300 g/mol. The summed E-state index contributed by atoms with van der Waals surface area (Å²) in [5.74, 6) is 1.16. The minimum absolute atomic E-state index is 0.151. The van der Waals surface area contributed by atoms with Gasteiger partial charge in [0.05, 0.1) is 23.7 Å². The molecule has 5 nitrogen and oxygen atoms in total. The molecule has 2 aliphatic heterocycles. The van der Waals surface area contributed by atoms with Crippen LogP contribution in [0.5, 0.6) is 0 Å². The highest BCUT2D eigenvalue weighted by molar-refractivity contribution is 5.76. The smallest absolute Gasteiger partial charge is 0.124 e. The van der Waals surface area contributed by atoms with E-state index in [-0.39, 0.29) is 6.10 Å². The van der Waals surface area contributed by atoms with E-state index in [2.05, 4.69) is 59.4 Å². The Balaban J connectivity index is 1.61. The number of para-hydroxylation sites is 2. The summed E-state index contributed by atoms with van der Waals surface area (Å²) in [6.07, 6.45) is 0.756. The van der Waals surface area contributed by atoms with Crippen molar-refractivity contribution in [1.82, 2.24) is 19.4 Å². The van der Waals surface area contributed by atoms with Crippen molar-refractivity contribution in [1.29, 1.82) is 0 Å². The summed E-state index contributed by atoms with van der Waals surface area (Å²) in [6, 6.07) is 9.81. The van der Waals surface area contributed by atoms with Gasteiger partial charge in [-0.3, -0.25) is 9.80 Å². The van der Waals surface area contributed by atoms with Crippen LogP contribution in [0.25, 0.3) is 11.0 Å². The standard InChI is InChI=1S/C19H28N4O/c1-13(2)23-18-7-5-4-6-17(18)20-19(23)12-21-10-15-8-16(24)11-22(15)9-14(21)3/h4-7,13-16,24H,8-12H2,1-3H3/t14-,15+,16+/m0/s1. The summed E-state index contributed by atoms with van der Waals surface area (Å²) in [5, 5.41) is 9.96. The average Bonchev–Trinajstić information content (AvgIpc) is 3.06. The number of benzene rings is 1. The Morgan fingerprint density at radius 2 is 2.00 bits per heavy atom. The number of aliphatic hydroxyl groups is 1. The van der Waals surface area contributed by atoms with Crippen molar-refractivity contribution in [2.45, 2.75) is 58.0 Å². The van der Waals surface area contributed by atoms with E-state index in [1.54, 1.807) is 0 Å². The van der Waals surface area contributed by atoms with Crippen molar-refractivity contribution in [3.05, 3.63) is 30.1 Å². The molecule has 0 bridgehead atoms. The fourth-order valence-corrected chi connectivity index (χ4v) is 4.46. The summed E-state index contributed by atoms with van der Waals surface area (Å²) in [5.41, 5.74) is 2.31. The number of nitrogens with zero attached hydrogens (tertiary/aromatic N) is 4. The van der Waals surface area contributed by atoms with Crippen molar-refractivity contribution in [3.8, 4) is 0 Å². The lowest BCUT2D eigenvalue weighted by molar-refractivity contribution is 0.0503. The Hall–Kier alpha value is -1.43. The monoisotopic (exact) mass is 328 g/mol. The number of hydrogen-bond acceptors (Lipinski definition) is 4. The molecule has 2 aromatic rings. The van der Waals surface area contributed by atoms with E-state index in [4.69, 9.17) is 4.98 Å². The Bertz CT molecular complexity index is 725. The molecule has 1 N–H and O–H groups in total. The largest absolute Gasteiger partial charge is 0.392 e. The van der Waals surface area contributed by atoms with Crippen LogP contribution in [0.4, 0.5) is 0 Å². The fraction of sp³-hybridized carbons (Fsp3) is 0.632. The quantitative estimate of drug-likeness (QED) is 0.939. The zero-order valence-corrected chi connectivity index (χ0v) is 14.9. The first-order valence-corrected chi connectivity index (χ1v) is 9.15. The van der Waals surface area contributed by atoms with Gasteiger partial charge in [-0.1, -0.05) is 12.1 Å². The molecule has 24 heavy (non-hydrogen) atoms. The third-order valence-corrected chi connectivity index (χ3v) is 5.60. The van der Waals surface area contributed by atoms with Gasteiger partial charge in [0.25, 0.3) is 0 Å². The molecule has 0 aliphatic carbocycles. The lowest BCUT2D eigenvalue weighted by Gasteiger charge is -2.42. The third-order valence-electron chi connectivity index (χ3n) is 5.60. The lowest BCUT2D eigenvalue weighted by Crippen LogP contribution is -2.54. The van der Waals surface area contributed by atoms with Crippen molar-refractivity contribution in [2.75, 3.05) is 19.6 Å². The molecule has 0 saturated carbocycles. The predicted molar refractivity (Wildman–Crippen MR) is 96.0 cm³/mol. The van der Waals surface area contributed by atoms with E-state index in [9.17, 15) is 5.11 Å². The maximum absolute atomic E-state index is 9.96. The Labute approximate surface area is 143 Å². The summed E-state index contributed by atoms with van der Waals surface area (Å²) in [4.78, 5) is 9.92. The molecule has 4 rings (SSSR count). The fourth-order valence-electron chi connectivity index (χ4n) is 4.46. The van der Waals surface area contributed by atoms with Crippen molar-refractivity contribution >= 4 is 11.0 Å². The Morgan fingerprint density at radius 3 is 2.79 bits per heavy atom. The number of imidazole rings is 1. The second kappa shape index (κ2) is 6.14. The van der Waals surface area contributed by atoms with Gasteiger partial charge in [-0.2, -0.15) is 0 Å². The maximum atomic E-state index is 9.96. The van der Waals surface area contributed by atoms with Gasteiger partial charge in [-0.05, 0) is 39.3 Å². The number of piperazine rings is 1. The molecule has 0 unspecified atom stereocenters. The molecule has 5 heteroatoms. The zero-order valence-electron chi connectivity index (χ0n) is 14.9. The molecule has 0 spiro atoms. The van der Waals surface area contributed by atoms with Crippen LogP contribution in [0.15, 0.2) is 24.3 Å². The SMILES string of the molecule is CC(C)n1c(CN2C[C@H]3C[C@@H](O)CN3C[C@@H]2C)nc2ccccc21. The summed E-state index contributed by atoms with van der Waals surface area (Å²) in [6.45, 7) is 10.5. The first-order chi connectivity index (χ1) is 11.5. The van der Waals surface area contributed by atoms with Gasteiger partial charge in [0.1, 0.15) is 5.82 Å². The van der Waals surface area contributed by atoms with E-state index in [1.807, 2.05) is 0 Å². The van der Waals surface area contributed by atoms with E-state index in [0.29, 0.717) is 18.1 Å². The summed E-state index contributed by atoms with van der Waals surface area (Å²) >= 11 is 0. The number of aliphatic hydroxyl groups excluding tert-OH is 1. The molecule has 130 valence electrons. The van der Waals surface area contributed by atoms with Crippen LogP contribution < -0.4 is 0 Å². The number of rotatable bonds is 3. The lowest BCUT2D eigenvalue weighted by atomic mass is 10.1. The van der Waals surface area contributed by atoms with Crippen LogP contribution in [-0.2, 0) is 6.54 Å². The molecule has 0 radical (unpaired) electrons. The van der Waals surface area contributed by atoms with Gasteiger partial charge in [0.2, 0.25) is 0 Å². The topological polar surface area (TPSA) is 44.5 Å². The predicted octanol–water partition coefficient (Wildman–Crippen LogP) is 2.26. The zero-order chi connectivity index (χ0) is 16.8. The molecule has 3 heterocycles. The molecule has 1 aromatic heterocycles.